The Bertz CT molecular complexity index is 1610. The van der Waals surface area contributed by atoms with Crippen LogP contribution in [-0.4, -0.2) is 70.3 Å². The zero-order chi connectivity index (χ0) is 35.1. The number of phenols is 1. The van der Waals surface area contributed by atoms with E-state index in [1.807, 2.05) is 0 Å². The third-order valence-corrected chi connectivity index (χ3v) is 6.61. The monoisotopic (exact) mass is 664 g/mol. The van der Waals surface area contributed by atoms with Crippen molar-refractivity contribution in [3.8, 4) is 34.5 Å². The Kier molecular flexibility index (Phi) is 14.2. The summed E-state index contributed by atoms with van der Waals surface area (Å²) >= 11 is 0. The van der Waals surface area contributed by atoms with Gasteiger partial charge in [0.15, 0.2) is 46.7 Å². The Labute approximate surface area is 279 Å². The molecule has 12 heteroatoms. The van der Waals surface area contributed by atoms with E-state index in [0.29, 0.717) is 28.6 Å². The Morgan fingerprint density at radius 1 is 0.625 bits per heavy atom. The minimum atomic E-state index is -0.963. The summed E-state index contributed by atoms with van der Waals surface area (Å²) in [7, 11) is 4.40. The Hall–Kier alpha value is -5.65. The second kappa shape index (κ2) is 18.5. The van der Waals surface area contributed by atoms with Gasteiger partial charge in [0, 0.05) is 26.3 Å². The predicted molar refractivity (Wildman–Crippen MR) is 176 cm³/mol. The van der Waals surface area contributed by atoms with Crippen LogP contribution < -0.4 is 23.7 Å². The Morgan fingerprint density at radius 3 is 1.60 bits per heavy atom. The Balaban J connectivity index is 2.04. The predicted octanol–water partition coefficient (Wildman–Crippen LogP) is 5.70. The minimum Gasteiger partial charge on any atom is -0.504 e. The van der Waals surface area contributed by atoms with Gasteiger partial charge in [0.05, 0.1) is 21.3 Å². The van der Waals surface area contributed by atoms with Crippen molar-refractivity contribution in [2.75, 3.05) is 41.2 Å². The van der Waals surface area contributed by atoms with Gasteiger partial charge in [-0.2, -0.15) is 0 Å². The second-order valence-corrected chi connectivity index (χ2v) is 10.2. The molecule has 1 N–H and O–H groups in total. The van der Waals surface area contributed by atoms with Crippen molar-refractivity contribution in [2.45, 2.75) is 33.0 Å². The Morgan fingerprint density at radius 2 is 1.12 bits per heavy atom. The standard InChI is InChI=1S/C36H40O12/c1-23(37)44-17-7-9-26-11-15-30(33(19-26)42-5)47-35(22-46-25(3)39)36(28-13-14-29(40)32(21-28)41-4)48-31-16-12-27(20-34(31)43-6)10-8-18-45-24(2)38/h7-16,19-21,35-36,40H,17-18,22H2,1-6H3/b9-7+,10-8+. The molecule has 48 heavy (non-hydrogen) atoms. The van der Waals surface area contributed by atoms with E-state index in [0.717, 1.165) is 11.1 Å². The summed E-state index contributed by atoms with van der Waals surface area (Å²) in [5.41, 5.74) is 2.04. The van der Waals surface area contributed by atoms with Gasteiger partial charge in [-0.3, -0.25) is 14.4 Å². The molecule has 0 spiro atoms. The van der Waals surface area contributed by atoms with Gasteiger partial charge in [0.1, 0.15) is 19.8 Å². The van der Waals surface area contributed by atoms with Crippen LogP contribution in [0.25, 0.3) is 12.2 Å². The number of hydrogen-bond acceptors (Lipinski definition) is 12. The number of methoxy groups -OCH3 is 3. The van der Waals surface area contributed by atoms with Gasteiger partial charge in [-0.1, -0.05) is 30.4 Å². The second-order valence-electron chi connectivity index (χ2n) is 10.2. The molecule has 2 atom stereocenters. The third-order valence-electron chi connectivity index (χ3n) is 6.61. The average molecular weight is 665 g/mol. The van der Waals surface area contributed by atoms with E-state index in [1.54, 1.807) is 72.8 Å². The lowest BCUT2D eigenvalue weighted by Crippen LogP contribution is -2.34. The molecule has 0 aliphatic rings. The van der Waals surface area contributed by atoms with Crippen LogP contribution in [0.3, 0.4) is 0 Å². The molecule has 256 valence electrons. The fraction of sp³-hybridized carbons (Fsp3) is 0.306. The van der Waals surface area contributed by atoms with Crippen LogP contribution >= 0.6 is 0 Å². The largest absolute Gasteiger partial charge is 0.504 e. The first-order valence-electron chi connectivity index (χ1n) is 14.8. The van der Waals surface area contributed by atoms with Crippen LogP contribution in [0.15, 0.2) is 66.7 Å². The molecule has 0 aromatic heterocycles. The molecule has 0 saturated heterocycles. The molecule has 0 bridgehead atoms. The number of phenolic OH excluding ortho intramolecular Hbond substituents is 1. The van der Waals surface area contributed by atoms with Crippen LogP contribution in [0.5, 0.6) is 34.5 Å². The number of benzene rings is 3. The van der Waals surface area contributed by atoms with Crippen molar-refractivity contribution < 1.29 is 57.4 Å². The zero-order valence-corrected chi connectivity index (χ0v) is 27.7. The first-order valence-corrected chi connectivity index (χ1v) is 14.8. The summed E-state index contributed by atoms with van der Waals surface area (Å²) in [5.74, 6) is 0.225. The molecule has 12 nitrogen and oxygen atoms in total. The summed E-state index contributed by atoms with van der Waals surface area (Å²) in [6.07, 6.45) is 5.00. The van der Waals surface area contributed by atoms with Gasteiger partial charge in [-0.15, -0.1) is 0 Å². The molecule has 0 aliphatic carbocycles. The SMILES string of the molecule is COc1cc(C(Oc2ccc(/C=C/COC(C)=O)cc2OC)C(COC(C)=O)Oc2ccc(/C=C/COC(C)=O)cc2OC)ccc1O. The molecule has 0 fully saturated rings. The normalized spacial score (nSPS) is 12.2. The minimum absolute atomic E-state index is 0.0843. The van der Waals surface area contributed by atoms with Crippen LogP contribution in [0.4, 0.5) is 0 Å². The van der Waals surface area contributed by atoms with E-state index in [2.05, 4.69) is 0 Å². The van der Waals surface area contributed by atoms with Crippen molar-refractivity contribution in [3.63, 3.8) is 0 Å². The van der Waals surface area contributed by atoms with Crippen LogP contribution in [0, 0.1) is 0 Å². The molecule has 0 radical (unpaired) electrons. The topological polar surface area (TPSA) is 145 Å². The maximum atomic E-state index is 12.0. The summed E-state index contributed by atoms with van der Waals surface area (Å²) in [6.45, 7) is 3.95. The van der Waals surface area contributed by atoms with Gasteiger partial charge in [0.25, 0.3) is 0 Å². The third kappa shape index (κ3) is 11.3. The summed E-state index contributed by atoms with van der Waals surface area (Å²) in [6, 6.07) is 15.1. The van der Waals surface area contributed by atoms with Crippen molar-refractivity contribution >= 4 is 30.1 Å². The van der Waals surface area contributed by atoms with Crippen molar-refractivity contribution in [2.24, 2.45) is 0 Å². The number of rotatable bonds is 17. The summed E-state index contributed by atoms with van der Waals surface area (Å²) in [4.78, 5) is 34.1. The number of esters is 3. The fourth-order valence-electron chi connectivity index (χ4n) is 4.38. The molecule has 3 rings (SSSR count). The highest BCUT2D eigenvalue weighted by molar-refractivity contribution is 5.67. The summed E-state index contributed by atoms with van der Waals surface area (Å²) < 4.78 is 45.0. The highest BCUT2D eigenvalue weighted by atomic mass is 16.6. The molecular weight excluding hydrogens is 624 g/mol. The van der Waals surface area contributed by atoms with Crippen molar-refractivity contribution in [1.82, 2.24) is 0 Å². The highest BCUT2D eigenvalue weighted by Crippen LogP contribution is 2.39. The van der Waals surface area contributed by atoms with Gasteiger partial charge in [-0.05, 0) is 59.7 Å². The van der Waals surface area contributed by atoms with E-state index in [1.165, 1.54) is 48.2 Å². The van der Waals surface area contributed by atoms with Crippen molar-refractivity contribution in [3.05, 3.63) is 83.4 Å². The van der Waals surface area contributed by atoms with E-state index >= 15 is 0 Å². The molecule has 0 aliphatic heterocycles. The van der Waals surface area contributed by atoms with Gasteiger partial charge in [0.2, 0.25) is 0 Å². The number of carbonyl (C=O) groups excluding carboxylic acids is 3. The number of carbonyl (C=O) groups is 3. The molecular formula is C36H40O12. The number of hydrogen-bond donors (Lipinski definition) is 1. The number of ether oxygens (including phenoxy) is 8. The molecule has 0 amide bonds. The van der Waals surface area contributed by atoms with Gasteiger partial charge in [-0.25, -0.2) is 0 Å². The fourth-order valence-corrected chi connectivity index (χ4v) is 4.38. The first kappa shape index (κ1) is 36.8. The highest BCUT2D eigenvalue weighted by Gasteiger charge is 2.31. The molecule has 3 aromatic carbocycles. The average Bonchev–Trinajstić information content (AvgIpc) is 3.06. The van der Waals surface area contributed by atoms with E-state index in [9.17, 15) is 19.5 Å². The van der Waals surface area contributed by atoms with Gasteiger partial charge >= 0.3 is 17.9 Å². The maximum absolute atomic E-state index is 12.0. The van der Waals surface area contributed by atoms with Crippen molar-refractivity contribution in [1.29, 1.82) is 0 Å². The smallest absolute Gasteiger partial charge is 0.302 e. The lowest BCUT2D eigenvalue weighted by atomic mass is 10.0. The van der Waals surface area contributed by atoms with Crippen LogP contribution in [0.2, 0.25) is 0 Å². The zero-order valence-electron chi connectivity index (χ0n) is 27.7. The molecule has 0 heterocycles. The molecule has 3 aromatic rings. The molecule has 0 saturated carbocycles. The van der Waals surface area contributed by atoms with Crippen LogP contribution in [-0.2, 0) is 28.6 Å². The summed E-state index contributed by atoms with van der Waals surface area (Å²) in [5, 5.41) is 10.3. The van der Waals surface area contributed by atoms with E-state index < -0.39 is 18.2 Å². The van der Waals surface area contributed by atoms with E-state index in [4.69, 9.17) is 37.9 Å². The maximum Gasteiger partial charge on any atom is 0.302 e. The van der Waals surface area contributed by atoms with Gasteiger partial charge < -0.3 is 43.0 Å². The lowest BCUT2D eigenvalue weighted by molar-refractivity contribution is -0.145. The number of aromatic hydroxyl groups is 1. The van der Waals surface area contributed by atoms with Crippen LogP contribution in [0.1, 0.15) is 43.6 Å². The quantitative estimate of drug-likeness (QED) is 0.140. The molecule has 2 unspecified atom stereocenters. The lowest BCUT2D eigenvalue weighted by Gasteiger charge is -2.30. The van der Waals surface area contributed by atoms with E-state index in [-0.39, 0.29) is 43.3 Å². The first-order chi connectivity index (χ1) is 23.0.